The predicted octanol–water partition coefficient (Wildman–Crippen LogP) is 7.34. The minimum atomic E-state index is 0.000988. The molecule has 0 radical (unpaired) electrons. The SMILES string of the molecule is CC(C)[C@H](C)C(=O)N1CCC[C@@H]1CNc1ncc(-c2ccc3cc(-c4cnc([C@@H]5CCCN5C(=O)[C@@H](C)C(C)C)[nH]4)ccc3c2)cn1. The summed E-state index contributed by atoms with van der Waals surface area (Å²) in [6.45, 7) is 14.8. The van der Waals surface area contributed by atoms with Crippen LogP contribution in [-0.2, 0) is 9.59 Å². The van der Waals surface area contributed by atoms with Crippen molar-refractivity contribution in [2.24, 2.45) is 23.7 Å². The van der Waals surface area contributed by atoms with Gasteiger partial charge < -0.3 is 20.1 Å². The van der Waals surface area contributed by atoms with E-state index in [-0.39, 0.29) is 35.7 Å². The molecule has 2 aromatic heterocycles. The molecule has 4 atom stereocenters. The van der Waals surface area contributed by atoms with Crippen LogP contribution < -0.4 is 5.32 Å². The number of nitrogens with zero attached hydrogens (tertiary/aromatic N) is 5. The van der Waals surface area contributed by atoms with Gasteiger partial charge >= 0.3 is 0 Å². The van der Waals surface area contributed by atoms with Crippen molar-refractivity contribution in [2.45, 2.75) is 79.3 Å². The lowest BCUT2D eigenvalue weighted by atomic mass is 9.96. The number of carbonyl (C=O) groups excluding carboxylic acids is 2. The minimum Gasteiger partial charge on any atom is -0.352 e. The van der Waals surface area contributed by atoms with Gasteiger partial charge in [-0.15, -0.1) is 0 Å². The number of benzene rings is 2. The highest BCUT2D eigenvalue weighted by molar-refractivity contribution is 5.90. The molecule has 2 saturated heterocycles. The maximum Gasteiger partial charge on any atom is 0.226 e. The van der Waals surface area contributed by atoms with E-state index in [1.165, 1.54) is 0 Å². The predicted molar refractivity (Wildman–Crippen MR) is 187 cm³/mol. The van der Waals surface area contributed by atoms with Crippen LogP contribution in [0.25, 0.3) is 33.2 Å². The molecule has 9 heteroatoms. The van der Waals surface area contributed by atoms with Gasteiger partial charge in [0.25, 0.3) is 0 Å². The summed E-state index contributed by atoms with van der Waals surface area (Å²) in [5.74, 6) is 2.59. The molecule has 2 amide bonds. The molecule has 6 rings (SSSR count). The van der Waals surface area contributed by atoms with Crippen LogP contribution in [0, 0.1) is 23.7 Å². The maximum atomic E-state index is 13.1. The van der Waals surface area contributed by atoms with Crippen LogP contribution in [-0.4, -0.2) is 67.2 Å². The second kappa shape index (κ2) is 13.8. The first kappa shape index (κ1) is 32.7. The Morgan fingerprint density at radius 1 is 0.766 bits per heavy atom. The Hall–Kier alpha value is -4.27. The third-order valence-electron chi connectivity index (χ3n) is 10.5. The van der Waals surface area contributed by atoms with Gasteiger partial charge in [0.1, 0.15) is 5.82 Å². The Morgan fingerprint density at radius 3 is 2.04 bits per heavy atom. The molecule has 0 spiro atoms. The fourth-order valence-electron chi connectivity index (χ4n) is 6.77. The van der Waals surface area contributed by atoms with Crippen molar-refractivity contribution in [1.82, 2.24) is 29.7 Å². The molecular weight excluding hydrogens is 586 g/mol. The summed E-state index contributed by atoms with van der Waals surface area (Å²) in [6, 6.07) is 13.0. The molecule has 2 aromatic carbocycles. The first-order valence-corrected chi connectivity index (χ1v) is 17.4. The number of carbonyl (C=O) groups is 2. The second-order valence-electron chi connectivity index (χ2n) is 14.2. The van der Waals surface area contributed by atoms with Crippen LogP contribution in [0.3, 0.4) is 0 Å². The van der Waals surface area contributed by atoms with Gasteiger partial charge in [0.05, 0.1) is 17.9 Å². The van der Waals surface area contributed by atoms with E-state index < -0.39 is 0 Å². The highest BCUT2D eigenvalue weighted by Crippen LogP contribution is 2.34. The summed E-state index contributed by atoms with van der Waals surface area (Å²) in [7, 11) is 0. The largest absolute Gasteiger partial charge is 0.352 e. The van der Waals surface area contributed by atoms with Crippen LogP contribution in [0.15, 0.2) is 55.0 Å². The molecule has 0 bridgehead atoms. The average Bonchev–Trinajstić information content (AvgIpc) is 3.87. The van der Waals surface area contributed by atoms with Crippen LogP contribution >= 0.6 is 0 Å². The van der Waals surface area contributed by atoms with Crippen molar-refractivity contribution >= 4 is 28.5 Å². The van der Waals surface area contributed by atoms with Gasteiger partial charge in [-0.05, 0) is 66.0 Å². The van der Waals surface area contributed by atoms with Gasteiger partial charge in [-0.1, -0.05) is 65.8 Å². The summed E-state index contributed by atoms with van der Waals surface area (Å²) < 4.78 is 0. The van der Waals surface area contributed by atoms with Gasteiger partial charge in [-0.2, -0.15) is 0 Å². The number of fused-ring (bicyclic) bond motifs is 1. The Kier molecular flexibility index (Phi) is 9.62. The van der Waals surface area contributed by atoms with Crippen molar-refractivity contribution in [1.29, 1.82) is 0 Å². The Balaban J connectivity index is 1.10. The number of hydrogen-bond acceptors (Lipinski definition) is 6. The summed E-state index contributed by atoms with van der Waals surface area (Å²) in [6.07, 6.45) is 9.57. The van der Waals surface area contributed by atoms with Gasteiger partial charge in [0, 0.05) is 61.0 Å². The van der Waals surface area contributed by atoms with Crippen LogP contribution in [0.5, 0.6) is 0 Å². The number of likely N-dealkylation sites (tertiary alicyclic amines) is 2. The van der Waals surface area contributed by atoms with E-state index >= 15 is 0 Å². The van der Waals surface area contributed by atoms with E-state index in [2.05, 4.69) is 84.4 Å². The van der Waals surface area contributed by atoms with Crippen LogP contribution in [0.2, 0.25) is 0 Å². The summed E-state index contributed by atoms with van der Waals surface area (Å²) in [5.41, 5.74) is 4.02. The molecule has 4 heterocycles. The second-order valence-corrected chi connectivity index (χ2v) is 14.2. The van der Waals surface area contributed by atoms with E-state index in [0.717, 1.165) is 77.8 Å². The third kappa shape index (κ3) is 6.90. The van der Waals surface area contributed by atoms with E-state index in [1.807, 2.05) is 42.2 Å². The molecule has 4 aromatic rings. The summed E-state index contributed by atoms with van der Waals surface area (Å²) in [4.78, 5) is 47.6. The van der Waals surface area contributed by atoms with Crippen molar-refractivity contribution in [3.63, 3.8) is 0 Å². The Labute approximate surface area is 278 Å². The highest BCUT2D eigenvalue weighted by Gasteiger charge is 2.35. The highest BCUT2D eigenvalue weighted by atomic mass is 16.2. The quantitative estimate of drug-likeness (QED) is 0.189. The molecule has 9 nitrogen and oxygen atoms in total. The number of hydrogen-bond donors (Lipinski definition) is 2. The number of aromatic nitrogens is 4. The van der Waals surface area contributed by atoms with Gasteiger partial charge in [0.15, 0.2) is 0 Å². The van der Waals surface area contributed by atoms with E-state index in [4.69, 9.17) is 4.98 Å². The van der Waals surface area contributed by atoms with Crippen LogP contribution in [0.1, 0.15) is 79.1 Å². The zero-order valence-electron chi connectivity index (χ0n) is 28.7. The fraction of sp³-hybridized carbons (Fsp3) is 0.500. The van der Waals surface area contributed by atoms with Crippen LogP contribution in [0.4, 0.5) is 5.95 Å². The lowest BCUT2D eigenvalue weighted by molar-refractivity contribution is -0.138. The Bertz CT molecular complexity index is 1710. The number of H-pyrrole nitrogens is 1. The first-order valence-electron chi connectivity index (χ1n) is 17.4. The zero-order valence-corrected chi connectivity index (χ0v) is 28.7. The lowest BCUT2D eigenvalue weighted by Crippen LogP contribution is -2.43. The zero-order chi connectivity index (χ0) is 33.2. The molecular formula is C38H49N7O2. The number of anilines is 1. The van der Waals surface area contributed by atoms with E-state index in [0.29, 0.717) is 24.3 Å². The molecule has 2 aliphatic rings. The van der Waals surface area contributed by atoms with Gasteiger partial charge in [0.2, 0.25) is 17.8 Å². The van der Waals surface area contributed by atoms with Gasteiger partial charge in [-0.3, -0.25) is 9.59 Å². The fourth-order valence-corrected chi connectivity index (χ4v) is 6.77. The number of amides is 2. The topological polar surface area (TPSA) is 107 Å². The molecule has 2 fully saturated rings. The number of aromatic amines is 1. The van der Waals surface area contributed by atoms with E-state index in [9.17, 15) is 9.59 Å². The summed E-state index contributed by atoms with van der Waals surface area (Å²) >= 11 is 0. The first-order chi connectivity index (χ1) is 22.6. The lowest BCUT2D eigenvalue weighted by Gasteiger charge is -2.29. The minimum absolute atomic E-state index is 0.000988. The van der Waals surface area contributed by atoms with Crippen molar-refractivity contribution < 1.29 is 9.59 Å². The third-order valence-corrected chi connectivity index (χ3v) is 10.5. The molecule has 248 valence electrons. The van der Waals surface area contributed by atoms with Gasteiger partial charge in [-0.25, -0.2) is 15.0 Å². The monoisotopic (exact) mass is 635 g/mol. The molecule has 2 N–H and O–H groups in total. The number of rotatable bonds is 10. The standard InChI is InChI=1S/C38H49N7O2/c1-23(2)25(5)36(46)44-15-7-9-32(44)21-42-38-40-19-31(20-41-38)29-12-11-28-18-30(14-13-27(28)17-29)33-22-39-35(43-33)34-10-8-16-45(34)37(47)26(6)24(3)4/h11-14,17-20,22-26,32,34H,7-10,15-16,21H2,1-6H3,(H,39,43)(H,40,41,42)/t25-,26-,32+,34-/m0/s1. The Morgan fingerprint density at radius 2 is 1.36 bits per heavy atom. The summed E-state index contributed by atoms with van der Waals surface area (Å²) in [5, 5.41) is 5.62. The number of nitrogens with one attached hydrogen (secondary N) is 2. The normalized spacial score (nSPS) is 19.6. The van der Waals surface area contributed by atoms with Crippen molar-refractivity contribution in [2.75, 3.05) is 25.0 Å². The maximum absolute atomic E-state index is 13.1. The van der Waals surface area contributed by atoms with Crippen molar-refractivity contribution in [3.05, 3.63) is 60.8 Å². The molecule has 47 heavy (non-hydrogen) atoms. The average molecular weight is 636 g/mol. The molecule has 0 saturated carbocycles. The number of imidazole rings is 1. The smallest absolute Gasteiger partial charge is 0.226 e. The van der Waals surface area contributed by atoms with E-state index in [1.54, 1.807) is 0 Å². The molecule has 0 aliphatic carbocycles. The molecule has 2 aliphatic heterocycles. The molecule has 0 unspecified atom stereocenters. The van der Waals surface area contributed by atoms with Crippen molar-refractivity contribution in [3.8, 4) is 22.4 Å².